The number of nitrogens with zero attached hydrogens (tertiary/aromatic N) is 1. The van der Waals surface area contributed by atoms with Gasteiger partial charge in [-0.25, -0.2) is 9.37 Å². The van der Waals surface area contributed by atoms with E-state index >= 15 is 0 Å². The van der Waals surface area contributed by atoms with Gasteiger partial charge in [-0.15, -0.1) is 0 Å². The maximum Gasteiger partial charge on any atom is 0.423 e. The second-order valence-corrected chi connectivity index (χ2v) is 9.48. The maximum atomic E-state index is 13.9. The zero-order valence-electron chi connectivity index (χ0n) is 18.8. The molecule has 0 spiro atoms. The van der Waals surface area contributed by atoms with Crippen LogP contribution < -0.4 is 5.32 Å². The van der Waals surface area contributed by atoms with Crippen LogP contribution in [0.25, 0.3) is 11.3 Å². The third-order valence-corrected chi connectivity index (χ3v) is 6.74. The number of ketones is 1. The molecule has 1 atom stereocenters. The number of pyridine rings is 1. The van der Waals surface area contributed by atoms with Gasteiger partial charge in [0.1, 0.15) is 5.82 Å². The molecule has 2 N–H and O–H groups in total. The lowest BCUT2D eigenvalue weighted by molar-refractivity contribution is -0.257. The van der Waals surface area contributed by atoms with Crippen LogP contribution in [0.15, 0.2) is 60.7 Å². The molecule has 0 saturated carbocycles. The van der Waals surface area contributed by atoms with Crippen molar-refractivity contribution in [2.75, 3.05) is 11.9 Å². The van der Waals surface area contributed by atoms with Gasteiger partial charge in [-0.1, -0.05) is 57.9 Å². The van der Waals surface area contributed by atoms with E-state index in [1.807, 2.05) is 0 Å². The summed E-state index contributed by atoms with van der Waals surface area (Å²) < 4.78 is 55.3. The Morgan fingerprint density at radius 1 is 1.09 bits per heavy atom. The fourth-order valence-corrected chi connectivity index (χ4v) is 4.11. The van der Waals surface area contributed by atoms with Crippen molar-refractivity contribution >= 4 is 33.3 Å². The summed E-state index contributed by atoms with van der Waals surface area (Å²) in [5.74, 6) is -0.897. The number of nitrogens with one attached hydrogen (secondary N) is 1. The van der Waals surface area contributed by atoms with Gasteiger partial charge in [-0.2, -0.15) is 13.2 Å². The highest BCUT2D eigenvalue weighted by atomic mass is 79.9. The van der Waals surface area contributed by atoms with Crippen LogP contribution in [0.2, 0.25) is 5.02 Å². The molecule has 186 valence electrons. The Morgan fingerprint density at radius 3 is 2.31 bits per heavy atom. The molecule has 1 aromatic heterocycles. The molecule has 4 nitrogen and oxygen atoms in total. The molecule has 1 heterocycles. The van der Waals surface area contributed by atoms with Gasteiger partial charge < -0.3 is 10.4 Å². The minimum absolute atomic E-state index is 0.0484. The fourth-order valence-electron chi connectivity index (χ4n) is 3.33. The first-order valence-corrected chi connectivity index (χ1v) is 12.0. The molecule has 2 aromatic carbocycles. The van der Waals surface area contributed by atoms with Crippen molar-refractivity contribution in [2.45, 2.75) is 31.2 Å². The zero-order valence-corrected chi connectivity index (χ0v) is 21.1. The number of hydrogen-bond donors (Lipinski definition) is 2. The molecule has 1 unspecified atom stereocenters. The number of Topliss-reactive ketones (excluding diaryl/α,β-unsaturated/α-hetero) is 1. The molecule has 0 aliphatic heterocycles. The Bertz CT molecular complexity index is 1220. The highest BCUT2D eigenvalue weighted by Crippen LogP contribution is 2.41. The van der Waals surface area contributed by atoms with E-state index in [1.165, 1.54) is 18.2 Å². The smallest absolute Gasteiger partial charge is 0.374 e. The molecular formula is C25H22BrClF4N2O2. The van der Waals surface area contributed by atoms with Crippen LogP contribution in [-0.2, 0) is 11.1 Å². The maximum absolute atomic E-state index is 13.9. The van der Waals surface area contributed by atoms with Crippen molar-refractivity contribution in [1.82, 2.24) is 10.3 Å². The summed E-state index contributed by atoms with van der Waals surface area (Å²) in [5.41, 5.74) is -3.85. The molecule has 0 bridgehead atoms. The molecule has 3 rings (SSSR count). The van der Waals surface area contributed by atoms with Gasteiger partial charge in [0.05, 0.1) is 23.0 Å². The molecule has 10 heteroatoms. The number of aliphatic hydroxyl groups is 1. The first kappa shape index (κ1) is 27.3. The number of hydrogen-bond acceptors (Lipinski definition) is 4. The van der Waals surface area contributed by atoms with Gasteiger partial charge in [0.15, 0.2) is 5.78 Å². The van der Waals surface area contributed by atoms with Crippen molar-refractivity contribution in [1.29, 1.82) is 0 Å². The average Bonchev–Trinajstić information content (AvgIpc) is 2.83. The quantitative estimate of drug-likeness (QED) is 0.186. The lowest BCUT2D eigenvalue weighted by atomic mass is 9.89. The molecule has 0 saturated heterocycles. The fraction of sp³-hybridized carbons (Fsp3) is 0.280. The van der Waals surface area contributed by atoms with Crippen molar-refractivity contribution in [3.05, 3.63) is 88.3 Å². The van der Waals surface area contributed by atoms with Crippen molar-refractivity contribution < 1.29 is 27.5 Å². The minimum atomic E-state index is -5.04. The SMILES string of the molecule is CC(C)(NCC(=O)c1ccccc1)c1cc(-c2ccc(F)c(Cl)c2)nc(C(O)(CBr)C(F)(F)F)c1. The number of rotatable bonds is 8. The van der Waals surface area contributed by atoms with Gasteiger partial charge in [0, 0.05) is 22.0 Å². The molecule has 0 amide bonds. The second kappa shape index (κ2) is 10.3. The molecule has 0 radical (unpaired) electrons. The summed E-state index contributed by atoms with van der Waals surface area (Å²) in [4.78, 5) is 16.6. The standard InChI is InChI=1S/C25H22BrClF4N2O2/c1-23(2,32-13-21(34)15-6-4-3-5-7-15)17-11-20(16-8-9-19(28)18(27)10-16)33-22(12-17)24(35,14-26)25(29,30)31/h3-12,32,35H,13-14H2,1-2H3. The van der Waals surface area contributed by atoms with Crippen LogP contribution in [0.3, 0.4) is 0 Å². The summed E-state index contributed by atoms with van der Waals surface area (Å²) in [5, 5.41) is 12.5. The van der Waals surface area contributed by atoms with Crippen LogP contribution in [0, 0.1) is 5.82 Å². The minimum Gasteiger partial charge on any atom is -0.374 e. The van der Waals surface area contributed by atoms with E-state index in [0.717, 1.165) is 12.1 Å². The molecule has 35 heavy (non-hydrogen) atoms. The monoisotopic (exact) mass is 572 g/mol. The lowest BCUT2D eigenvalue weighted by Crippen LogP contribution is -2.45. The molecule has 0 aliphatic rings. The van der Waals surface area contributed by atoms with Crippen LogP contribution in [0.1, 0.15) is 35.5 Å². The Labute approximate surface area is 213 Å². The lowest BCUT2D eigenvalue weighted by Gasteiger charge is -2.32. The number of carbonyl (C=O) groups is 1. The highest BCUT2D eigenvalue weighted by Gasteiger charge is 2.55. The summed E-state index contributed by atoms with van der Waals surface area (Å²) in [6, 6.07) is 14.9. The summed E-state index contributed by atoms with van der Waals surface area (Å²) in [7, 11) is 0. The van der Waals surface area contributed by atoms with E-state index in [-0.39, 0.29) is 28.6 Å². The molecule has 3 aromatic rings. The van der Waals surface area contributed by atoms with E-state index in [9.17, 15) is 27.5 Å². The summed E-state index contributed by atoms with van der Waals surface area (Å²) >= 11 is 8.63. The van der Waals surface area contributed by atoms with Gasteiger partial charge in [0.25, 0.3) is 0 Å². The third-order valence-electron chi connectivity index (χ3n) is 5.64. The topological polar surface area (TPSA) is 62.2 Å². The Kier molecular flexibility index (Phi) is 8.06. The van der Waals surface area contributed by atoms with E-state index < -0.39 is 34.2 Å². The highest BCUT2D eigenvalue weighted by molar-refractivity contribution is 9.09. The van der Waals surface area contributed by atoms with E-state index in [0.29, 0.717) is 11.1 Å². The van der Waals surface area contributed by atoms with Crippen molar-refractivity contribution in [2.24, 2.45) is 0 Å². The largest absolute Gasteiger partial charge is 0.423 e. The average molecular weight is 574 g/mol. The van der Waals surface area contributed by atoms with Gasteiger partial charge in [-0.05, 0) is 49.7 Å². The number of aromatic nitrogens is 1. The van der Waals surface area contributed by atoms with Gasteiger partial charge >= 0.3 is 6.18 Å². The number of carbonyl (C=O) groups excluding carboxylic acids is 1. The van der Waals surface area contributed by atoms with Crippen molar-refractivity contribution in [3.63, 3.8) is 0 Å². The van der Waals surface area contributed by atoms with Crippen LogP contribution in [0.5, 0.6) is 0 Å². The first-order valence-electron chi connectivity index (χ1n) is 10.5. The first-order chi connectivity index (χ1) is 16.3. The predicted molar refractivity (Wildman–Crippen MR) is 130 cm³/mol. The normalized spacial score (nSPS) is 14.0. The van der Waals surface area contributed by atoms with Crippen LogP contribution in [0.4, 0.5) is 17.6 Å². The molecule has 0 fully saturated rings. The van der Waals surface area contributed by atoms with E-state index in [2.05, 4.69) is 26.2 Å². The van der Waals surface area contributed by atoms with Crippen LogP contribution >= 0.6 is 27.5 Å². The predicted octanol–water partition coefficient (Wildman–Crippen LogP) is 6.39. The van der Waals surface area contributed by atoms with Gasteiger partial charge in [-0.3, -0.25) is 4.79 Å². The summed E-state index contributed by atoms with van der Waals surface area (Å²) in [6.07, 6.45) is -5.04. The molecular weight excluding hydrogens is 552 g/mol. The summed E-state index contributed by atoms with van der Waals surface area (Å²) in [6.45, 7) is 3.29. The zero-order chi connectivity index (χ0) is 26.0. The third kappa shape index (κ3) is 5.91. The van der Waals surface area contributed by atoms with E-state index in [1.54, 1.807) is 44.2 Å². The Balaban J connectivity index is 2.08. The Hall–Kier alpha value is -2.33. The number of benzene rings is 2. The van der Waals surface area contributed by atoms with Crippen LogP contribution in [-0.4, -0.2) is 33.9 Å². The molecule has 0 aliphatic carbocycles. The van der Waals surface area contributed by atoms with Crippen molar-refractivity contribution in [3.8, 4) is 11.3 Å². The Morgan fingerprint density at radius 2 is 1.74 bits per heavy atom. The second-order valence-electron chi connectivity index (χ2n) is 8.51. The number of halogens is 6. The van der Waals surface area contributed by atoms with Gasteiger partial charge in [0.2, 0.25) is 5.60 Å². The number of alkyl halides is 4. The van der Waals surface area contributed by atoms with E-state index in [4.69, 9.17) is 11.6 Å².